The molecule has 2 N–H and O–H groups in total. The lowest BCUT2D eigenvalue weighted by molar-refractivity contribution is 0.0999. The van der Waals surface area contributed by atoms with E-state index >= 15 is 0 Å². The lowest BCUT2D eigenvalue weighted by Gasteiger charge is -2.08. The summed E-state index contributed by atoms with van der Waals surface area (Å²) in [6.45, 7) is 0.771. The molecule has 1 heterocycles. The van der Waals surface area contributed by atoms with Gasteiger partial charge in [-0.3, -0.25) is 4.79 Å². The van der Waals surface area contributed by atoms with E-state index in [0.29, 0.717) is 5.56 Å². The van der Waals surface area contributed by atoms with E-state index in [9.17, 15) is 4.79 Å². The van der Waals surface area contributed by atoms with Gasteiger partial charge in [0.15, 0.2) is 0 Å². The number of hydrogen-bond acceptors (Lipinski definition) is 1. The minimum Gasteiger partial charge on any atom is -0.366 e. The van der Waals surface area contributed by atoms with Gasteiger partial charge in [0, 0.05) is 27.3 Å². The third-order valence-corrected chi connectivity index (χ3v) is 4.97. The van der Waals surface area contributed by atoms with Crippen molar-refractivity contribution in [2.75, 3.05) is 0 Å². The lowest BCUT2D eigenvalue weighted by Crippen LogP contribution is -2.11. The Morgan fingerprint density at radius 2 is 1.62 bits per heavy atom. The largest absolute Gasteiger partial charge is 0.366 e. The second-order valence-electron chi connectivity index (χ2n) is 5.80. The van der Waals surface area contributed by atoms with Gasteiger partial charge in [-0.15, -0.1) is 0 Å². The number of carbonyl (C=O) groups excluding carboxylic acids is 1. The van der Waals surface area contributed by atoms with Crippen molar-refractivity contribution in [1.29, 1.82) is 0 Å². The second kappa shape index (κ2) is 5.80. The first-order chi connectivity index (χ1) is 11.6. The molecule has 0 radical (unpaired) electrons. The summed E-state index contributed by atoms with van der Waals surface area (Å²) in [6.07, 6.45) is 0. The van der Waals surface area contributed by atoms with E-state index in [1.807, 2.05) is 42.5 Å². The monoisotopic (exact) mass is 378 g/mol. The first-order valence-corrected chi connectivity index (χ1v) is 8.48. The van der Waals surface area contributed by atoms with Crippen LogP contribution in [0.25, 0.3) is 21.8 Å². The van der Waals surface area contributed by atoms with Crippen molar-refractivity contribution in [1.82, 2.24) is 4.57 Å². The average molecular weight is 379 g/mol. The zero-order valence-corrected chi connectivity index (χ0v) is 14.5. The normalized spacial score (nSPS) is 11.2. The van der Waals surface area contributed by atoms with Crippen molar-refractivity contribution in [2.24, 2.45) is 5.73 Å². The van der Waals surface area contributed by atoms with E-state index in [1.54, 1.807) is 0 Å². The maximum Gasteiger partial charge on any atom is 0.249 e. The maximum absolute atomic E-state index is 11.7. The van der Waals surface area contributed by atoms with E-state index in [4.69, 9.17) is 5.73 Å². The van der Waals surface area contributed by atoms with Gasteiger partial charge >= 0.3 is 0 Å². The van der Waals surface area contributed by atoms with Gasteiger partial charge in [-0.25, -0.2) is 0 Å². The highest BCUT2D eigenvalue weighted by Crippen LogP contribution is 2.33. The number of amides is 1. The third kappa shape index (κ3) is 2.39. The van der Waals surface area contributed by atoms with Crippen LogP contribution >= 0.6 is 15.9 Å². The molecule has 0 fully saturated rings. The van der Waals surface area contributed by atoms with Crippen LogP contribution in [0.15, 0.2) is 71.2 Å². The molecule has 3 nitrogen and oxygen atoms in total. The second-order valence-corrected chi connectivity index (χ2v) is 6.66. The Morgan fingerprint density at radius 1 is 0.917 bits per heavy atom. The zero-order chi connectivity index (χ0) is 16.7. The first-order valence-electron chi connectivity index (χ1n) is 7.69. The molecule has 24 heavy (non-hydrogen) atoms. The Kier molecular flexibility index (Phi) is 3.62. The van der Waals surface area contributed by atoms with Crippen molar-refractivity contribution in [3.8, 4) is 0 Å². The number of nitrogens with zero attached hydrogens (tertiary/aromatic N) is 1. The Morgan fingerprint density at radius 3 is 2.38 bits per heavy atom. The summed E-state index contributed by atoms with van der Waals surface area (Å²) in [5, 5.41) is 2.16. The van der Waals surface area contributed by atoms with Crippen LogP contribution in [0, 0.1) is 0 Å². The van der Waals surface area contributed by atoms with E-state index in [2.05, 4.69) is 44.8 Å². The van der Waals surface area contributed by atoms with Gasteiger partial charge in [-0.1, -0.05) is 48.5 Å². The standard InChI is InChI=1S/C20H15BrN2O/c21-17-11-19-15(10-16(17)20(22)24)14-8-4-5-9-18(14)23(19)12-13-6-2-1-3-7-13/h1-11H,12H2,(H2,22,24). The zero-order valence-electron chi connectivity index (χ0n) is 12.9. The topological polar surface area (TPSA) is 48.0 Å². The molecule has 1 aromatic heterocycles. The highest BCUT2D eigenvalue weighted by molar-refractivity contribution is 9.10. The highest BCUT2D eigenvalue weighted by Gasteiger charge is 2.15. The fourth-order valence-electron chi connectivity index (χ4n) is 3.19. The summed E-state index contributed by atoms with van der Waals surface area (Å²) in [7, 11) is 0. The summed E-state index contributed by atoms with van der Waals surface area (Å²) in [4.78, 5) is 11.7. The Hall–Kier alpha value is -2.59. The molecule has 4 rings (SSSR count). The van der Waals surface area contributed by atoms with Gasteiger partial charge in [0.2, 0.25) is 5.91 Å². The Labute approximate surface area is 147 Å². The van der Waals surface area contributed by atoms with Crippen LogP contribution in [-0.2, 0) is 6.54 Å². The fourth-order valence-corrected chi connectivity index (χ4v) is 3.72. The molecule has 0 unspecified atom stereocenters. The lowest BCUT2D eigenvalue weighted by atomic mass is 10.1. The summed E-state index contributed by atoms with van der Waals surface area (Å²) in [5.74, 6) is -0.427. The number of fused-ring (bicyclic) bond motifs is 3. The predicted molar refractivity (Wildman–Crippen MR) is 101 cm³/mol. The van der Waals surface area contributed by atoms with E-state index in [-0.39, 0.29) is 0 Å². The van der Waals surface area contributed by atoms with E-state index in [1.165, 1.54) is 5.56 Å². The molecule has 0 saturated heterocycles. The molecule has 0 spiro atoms. The van der Waals surface area contributed by atoms with Gasteiger partial charge < -0.3 is 10.3 Å². The van der Waals surface area contributed by atoms with Crippen molar-refractivity contribution in [3.63, 3.8) is 0 Å². The molecule has 1 amide bonds. The molecule has 4 aromatic rings. The maximum atomic E-state index is 11.7. The Bertz CT molecular complexity index is 1070. The minimum atomic E-state index is -0.427. The molecule has 118 valence electrons. The summed E-state index contributed by atoms with van der Waals surface area (Å²) in [5.41, 5.74) is 9.46. The summed E-state index contributed by atoms with van der Waals surface area (Å²) < 4.78 is 3.00. The molecular formula is C20H15BrN2O. The molecule has 4 heteroatoms. The van der Waals surface area contributed by atoms with E-state index < -0.39 is 5.91 Å². The van der Waals surface area contributed by atoms with Crippen LogP contribution in [-0.4, -0.2) is 10.5 Å². The number of benzene rings is 3. The van der Waals surface area contributed by atoms with Crippen molar-refractivity contribution >= 4 is 43.6 Å². The highest BCUT2D eigenvalue weighted by atomic mass is 79.9. The number of nitrogens with two attached hydrogens (primary N) is 1. The summed E-state index contributed by atoms with van der Waals surface area (Å²) >= 11 is 3.48. The number of primary amides is 1. The number of para-hydroxylation sites is 1. The molecule has 0 bridgehead atoms. The molecule has 3 aromatic carbocycles. The predicted octanol–water partition coefficient (Wildman–Crippen LogP) is 4.70. The van der Waals surface area contributed by atoms with Crippen molar-refractivity contribution in [2.45, 2.75) is 6.54 Å². The molecule has 0 aliphatic heterocycles. The number of halogens is 1. The Balaban J connectivity index is 2.03. The molecule has 0 aliphatic carbocycles. The number of carbonyl (C=O) groups is 1. The van der Waals surface area contributed by atoms with Crippen LogP contribution in [0.3, 0.4) is 0 Å². The van der Waals surface area contributed by atoms with Crippen LogP contribution in [0.2, 0.25) is 0 Å². The SMILES string of the molecule is NC(=O)c1cc2c3ccccc3n(Cc3ccccc3)c2cc1Br. The van der Waals surface area contributed by atoms with Crippen LogP contribution < -0.4 is 5.73 Å². The molecular weight excluding hydrogens is 364 g/mol. The molecule has 0 aliphatic rings. The van der Waals surface area contributed by atoms with E-state index in [0.717, 1.165) is 32.8 Å². The minimum absolute atomic E-state index is 0.427. The van der Waals surface area contributed by atoms with Crippen LogP contribution in [0.4, 0.5) is 0 Å². The first kappa shape index (κ1) is 15.0. The van der Waals surface area contributed by atoms with Crippen molar-refractivity contribution < 1.29 is 4.79 Å². The van der Waals surface area contributed by atoms with Gasteiger partial charge in [-0.05, 0) is 39.7 Å². The smallest absolute Gasteiger partial charge is 0.249 e. The van der Waals surface area contributed by atoms with Gasteiger partial charge in [-0.2, -0.15) is 0 Å². The van der Waals surface area contributed by atoms with Gasteiger partial charge in [0.25, 0.3) is 0 Å². The number of hydrogen-bond donors (Lipinski definition) is 1. The molecule has 0 atom stereocenters. The van der Waals surface area contributed by atoms with Crippen molar-refractivity contribution in [3.05, 3.63) is 82.3 Å². The number of rotatable bonds is 3. The third-order valence-electron chi connectivity index (χ3n) is 4.31. The average Bonchev–Trinajstić information content (AvgIpc) is 2.88. The van der Waals surface area contributed by atoms with Gasteiger partial charge in [0.1, 0.15) is 0 Å². The molecule has 0 saturated carbocycles. The van der Waals surface area contributed by atoms with Gasteiger partial charge in [0.05, 0.1) is 11.1 Å². The van der Waals surface area contributed by atoms with Crippen LogP contribution in [0.5, 0.6) is 0 Å². The quantitative estimate of drug-likeness (QED) is 0.551. The number of aromatic nitrogens is 1. The van der Waals surface area contributed by atoms with Crippen LogP contribution in [0.1, 0.15) is 15.9 Å². The summed E-state index contributed by atoms with van der Waals surface area (Å²) in [6, 6.07) is 22.5. The fraction of sp³-hybridized carbons (Fsp3) is 0.0500.